The van der Waals surface area contributed by atoms with E-state index in [0.29, 0.717) is 46.2 Å². The number of anilines is 2. The van der Waals surface area contributed by atoms with Gasteiger partial charge in [-0.3, -0.25) is 18.9 Å². The molecular weight excluding hydrogens is 540 g/mol. The highest BCUT2D eigenvalue weighted by Gasteiger charge is 2.36. The maximum atomic E-state index is 13.4. The summed E-state index contributed by atoms with van der Waals surface area (Å²) in [6, 6.07) is 10.8. The predicted octanol–water partition coefficient (Wildman–Crippen LogP) is 2.71. The van der Waals surface area contributed by atoms with Crippen LogP contribution in [-0.4, -0.2) is 81.4 Å². The minimum absolute atomic E-state index is 0.0183. The van der Waals surface area contributed by atoms with Gasteiger partial charge in [-0.2, -0.15) is 0 Å². The fraction of sp³-hybridized carbons (Fsp3) is 0.333. The van der Waals surface area contributed by atoms with Gasteiger partial charge < -0.3 is 20.5 Å². The molecule has 2 N–H and O–H groups in total. The summed E-state index contributed by atoms with van der Waals surface area (Å²) >= 11 is 6.07. The highest BCUT2D eigenvalue weighted by atomic mass is 35.5. The van der Waals surface area contributed by atoms with E-state index in [1.165, 1.54) is 19.2 Å². The molecule has 0 aromatic heterocycles. The maximum absolute atomic E-state index is 13.4. The van der Waals surface area contributed by atoms with Crippen LogP contribution in [0.1, 0.15) is 19.4 Å². The van der Waals surface area contributed by atoms with Crippen molar-refractivity contribution in [1.29, 1.82) is 0 Å². The number of halogens is 1. The van der Waals surface area contributed by atoms with Gasteiger partial charge in [0.1, 0.15) is 0 Å². The lowest BCUT2D eigenvalue weighted by atomic mass is 10.1. The number of piperazine rings is 1. The first-order valence-corrected chi connectivity index (χ1v) is 14.4. The lowest BCUT2D eigenvalue weighted by molar-refractivity contribution is -0.129. The number of allylic oxidation sites excluding steroid dienone is 1. The van der Waals surface area contributed by atoms with E-state index in [-0.39, 0.29) is 22.8 Å². The normalized spacial score (nSPS) is 20.8. The smallest absolute Gasteiger partial charge is 0.264 e. The SMILES string of the molecule is CC1=C(C(=O)N2CCN(C)CC2)C(C)N(/C=C2\C(=O)Nc3ccc(S(=O)(=O)N(C)c4cccc(Cl)c4)cc32)N1. The second kappa shape index (κ2) is 10.2. The molecule has 206 valence electrons. The summed E-state index contributed by atoms with van der Waals surface area (Å²) in [6.45, 7) is 6.72. The van der Waals surface area contributed by atoms with Crippen molar-refractivity contribution in [2.45, 2.75) is 24.8 Å². The summed E-state index contributed by atoms with van der Waals surface area (Å²) in [6.07, 6.45) is 1.64. The molecule has 3 aliphatic rings. The van der Waals surface area contributed by atoms with E-state index in [1.54, 1.807) is 41.5 Å². The molecule has 0 aliphatic carbocycles. The molecule has 0 saturated carbocycles. The molecule has 1 saturated heterocycles. The molecule has 1 unspecified atom stereocenters. The summed E-state index contributed by atoms with van der Waals surface area (Å²) < 4.78 is 28.0. The van der Waals surface area contributed by atoms with Gasteiger partial charge in [0.25, 0.3) is 21.8 Å². The van der Waals surface area contributed by atoms with Crippen LogP contribution in [0.15, 0.2) is 64.8 Å². The van der Waals surface area contributed by atoms with E-state index in [2.05, 4.69) is 15.6 Å². The van der Waals surface area contributed by atoms with E-state index in [9.17, 15) is 18.0 Å². The Morgan fingerprint density at radius 1 is 1.13 bits per heavy atom. The molecule has 3 aliphatic heterocycles. The fourth-order valence-corrected chi connectivity index (χ4v) is 6.43. The van der Waals surface area contributed by atoms with Gasteiger partial charge in [-0.15, -0.1) is 0 Å². The zero-order chi connectivity index (χ0) is 28.1. The summed E-state index contributed by atoms with van der Waals surface area (Å²) in [5.41, 5.74) is 6.28. The zero-order valence-electron chi connectivity index (χ0n) is 22.2. The van der Waals surface area contributed by atoms with Crippen LogP contribution in [0.5, 0.6) is 0 Å². The Bertz CT molecular complexity index is 1510. The number of amides is 2. The minimum Gasteiger partial charge on any atom is -0.336 e. The number of benzene rings is 2. The first kappa shape index (κ1) is 27.0. The second-order valence-electron chi connectivity index (χ2n) is 9.99. The van der Waals surface area contributed by atoms with Gasteiger partial charge in [0, 0.05) is 61.4 Å². The Labute approximate surface area is 233 Å². The van der Waals surface area contributed by atoms with Crippen molar-refractivity contribution in [3.05, 3.63) is 70.5 Å². The molecular formula is C27H31ClN6O4S. The molecule has 0 radical (unpaired) electrons. The number of likely N-dealkylation sites (N-methyl/N-ethyl adjacent to an activating group) is 1. The number of nitrogens with zero attached hydrogens (tertiary/aromatic N) is 4. The number of sulfonamides is 1. The molecule has 10 nitrogen and oxygen atoms in total. The van der Waals surface area contributed by atoms with Gasteiger partial charge >= 0.3 is 0 Å². The van der Waals surface area contributed by atoms with Crippen LogP contribution in [0.3, 0.4) is 0 Å². The average Bonchev–Trinajstić information content (AvgIpc) is 3.37. The number of carbonyl (C=O) groups excluding carboxylic acids is 2. The molecule has 3 heterocycles. The second-order valence-corrected chi connectivity index (χ2v) is 12.4. The zero-order valence-corrected chi connectivity index (χ0v) is 23.8. The number of rotatable bonds is 5. The van der Waals surface area contributed by atoms with Crippen molar-refractivity contribution in [2.75, 3.05) is 49.9 Å². The number of hydrogen-bond donors (Lipinski definition) is 2. The number of carbonyl (C=O) groups is 2. The van der Waals surface area contributed by atoms with Crippen LogP contribution in [0.4, 0.5) is 11.4 Å². The lowest BCUT2D eigenvalue weighted by Gasteiger charge is -2.33. The largest absolute Gasteiger partial charge is 0.336 e. The summed E-state index contributed by atoms with van der Waals surface area (Å²) in [7, 11) is -0.443. The molecule has 1 fully saturated rings. The average molecular weight is 571 g/mol. The molecule has 0 bridgehead atoms. The van der Waals surface area contributed by atoms with Crippen molar-refractivity contribution in [3.8, 4) is 0 Å². The molecule has 12 heteroatoms. The maximum Gasteiger partial charge on any atom is 0.264 e. The van der Waals surface area contributed by atoms with E-state index in [4.69, 9.17) is 11.6 Å². The lowest BCUT2D eigenvalue weighted by Crippen LogP contribution is -2.48. The van der Waals surface area contributed by atoms with Crippen LogP contribution in [-0.2, 0) is 19.6 Å². The highest BCUT2D eigenvalue weighted by molar-refractivity contribution is 7.92. The van der Waals surface area contributed by atoms with Crippen LogP contribution in [0.2, 0.25) is 5.02 Å². The van der Waals surface area contributed by atoms with Crippen LogP contribution < -0.4 is 15.0 Å². The Kier molecular flexibility index (Phi) is 7.08. The van der Waals surface area contributed by atoms with Gasteiger partial charge in [0.2, 0.25) is 0 Å². The minimum atomic E-state index is -3.94. The van der Waals surface area contributed by atoms with E-state index < -0.39 is 10.0 Å². The molecule has 0 spiro atoms. The van der Waals surface area contributed by atoms with Gasteiger partial charge in [0.15, 0.2) is 0 Å². The van der Waals surface area contributed by atoms with Crippen molar-refractivity contribution < 1.29 is 18.0 Å². The molecule has 5 rings (SSSR count). The predicted molar refractivity (Wildman–Crippen MR) is 151 cm³/mol. The van der Waals surface area contributed by atoms with Gasteiger partial charge in [-0.1, -0.05) is 17.7 Å². The quantitative estimate of drug-likeness (QED) is 0.533. The monoisotopic (exact) mass is 570 g/mol. The molecule has 2 aromatic carbocycles. The van der Waals surface area contributed by atoms with Crippen molar-refractivity contribution in [1.82, 2.24) is 20.2 Å². The van der Waals surface area contributed by atoms with Crippen molar-refractivity contribution in [3.63, 3.8) is 0 Å². The first-order valence-electron chi connectivity index (χ1n) is 12.6. The van der Waals surface area contributed by atoms with E-state index in [0.717, 1.165) is 23.1 Å². The summed E-state index contributed by atoms with van der Waals surface area (Å²) in [4.78, 5) is 30.4. The first-order chi connectivity index (χ1) is 18.5. The highest BCUT2D eigenvalue weighted by Crippen LogP contribution is 2.36. The van der Waals surface area contributed by atoms with Crippen molar-refractivity contribution in [2.24, 2.45) is 0 Å². The number of hydrazine groups is 1. The van der Waals surface area contributed by atoms with Crippen molar-refractivity contribution >= 4 is 50.4 Å². The molecule has 39 heavy (non-hydrogen) atoms. The Morgan fingerprint density at radius 2 is 1.85 bits per heavy atom. The van der Waals surface area contributed by atoms with Crippen LogP contribution >= 0.6 is 11.6 Å². The number of fused-ring (bicyclic) bond motifs is 1. The number of hydrogen-bond acceptors (Lipinski definition) is 7. The van der Waals surface area contributed by atoms with Gasteiger partial charge in [-0.25, -0.2) is 8.42 Å². The molecule has 1 atom stereocenters. The molecule has 2 amide bonds. The Hall–Kier alpha value is -3.54. The van der Waals surface area contributed by atoms with E-state index >= 15 is 0 Å². The fourth-order valence-electron chi connectivity index (χ4n) is 5.03. The summed E-state index contributed by atoms with van der Waals surface area (Å²) in [5, 5.41) is 4.95. The van der Waals surface area contributed by atoms with Gasteiger partial charge in [-0.05, 0) is 57.3 Å². The molecule has 2 aromatic rings. The van der Waals surface area contributed by atoms with Crippen LogP contribution in [0, 0.1) is 0 Å². The summed E-state index contributed by atoms with van der Waals surface area (Å²) in [5.74, 6) is -0.372. The van der Waals surface area contributed by atoms with Gasteiger partial charge in [0.05, 0.1) is 27.8 Å². The van der Waals surface area contributed by atoms with Crippen LogP contribution in [0.25, 0.3) is 5.57 Å². The number of nitrogens with one attached hydrogen (secondary N) is 2. The van der Waals surface area contributed by atoms with E-state index in [1.807, 2.05) is 25.8 Å². The third-order valence-corrected chi connectivity index (χ3v) is 9.45. The standard InChI is InChI=1S/C27H31ClN6O4S/c1-17-25(27(36)33-12-10-31(3)11-13-33)18(2)34(30-17)16-23-22-15-21(8-9-24(22)29-26(23)35)39(37,38)32(4)20-7-5-6-19(28)14-20/h5-9,14-16,18,30H,10-13H2,1-4H3,(H,29,35)/b23-16-. The topological polar surface area (TPSA) is 105 Å². The Morgan fingerprint density at radius 3 is 2.54 bits per heavy atom. The third kappa shape index (κ3) is 4.97. The third-order valence-electron chi connectivity index (χ3n) is 7.43. The Balaban J connectivity index is 1.42.